The van der Waals surface area contributed by atoms with Crippen LogP contribution in [0.4, 0.5) is 4.79 Å². The summed E-state index contributed by atoms with van der Waals surface area (Å²) in [7, 11) is 0. The molecule has 0 heterocycles. The van der Waals surface area contributed by atoms with Gasteiger partial charge in [0.25, 0.3) is 0 Å². The quantitative estimate of drug-likeness (QED) is 0.598. The van der Waals surface area contributed by atoms with Crippen molar-refractivity contribution in [3.63, 3.8) is 0 Å². The lowest BCUT2D eigenvalue weighted by molar-refractivity contribution is -0.140. The molecule has 0 aliphatic heterocycles. The van der Waals surface area contributed by atoms with Crippen molar-refractivity contribution in [2.75, 3.05) is 6.54 Å². The number of carboxylic acid groups (broad SMARTS) is 1. The normalized spacial score (nSPS) is 12.6. The fourth-order valence-corrected chi connectivity index (χ4v) is 1.42. The van der Waals surface area contributed by atoms with Gasteiger partial charge in [-0.25, -0.2) is 9.59 Å². The Labute approximate surface area is 103 Å². The number of carbonyl (C=O) groups is 2. The van der Waals surface area contributed by atoms with Crippen molar-refractivity contribution in [3.8, 4) is 0 Å². The largest absolute Gasteiger partial charge is 0.480 e. The number of rotatable bonds is 7. The molecule has 0 aromatic heterocycles. The number of urea groups is 1. The number of amides is 2. The molecule has 1 atom stereocenters. The Morgan fingerprint density at radius 3 is 2.18 bits per heavy atom. The molecule has 0 spiro atoms. The van der Waals surface area contributed by atoms with Gasteiger partial charge < -0.3 is 15.7 Å². The highest BCUT2D eigenvalue weighted by atomic mass is 16.4. The van der Waals surface area contributed by atoms with E-state index in [0.717, 1.165) is 12.8 Å². The Morgan fingerprint density at radius 2 is 1.76 bits per heavy atom. The molecule has 17 heavy (non-hydrogen) atoms. The average Bonchev–Trinajstić information content (AvgIpc) is 2.19. The van der Waals surface area contributed by atoms with E-state index in [4.69, 9.17) is 5.11 Å². The van der Waals surface area contributed by atoms with E-state index in [1.54, 1.807) is 13.8 Å². The predicted molar refractivity (Wildman–Crippen MR) is 66.9 cm³/mol. The summed E-state index contributed by atoms with van der Waals surface area (Å²) in [6.07, 6.45) is 1.96. The van der Waals surface area contributed by atoms with E-state index in [2.05, 4.69) is 24.5 Å². The predicted octanol–water partition coefficient (Wildman–Crippen LogP) is 1.83. The minimum atomic E-state index is -1.00. The SMILES string of the molecule is CC(C)CCCNC(=O)N[C@@H](C(=O)O)C(C)C. The molecular formula is C12H24N2O3. The van der Waals surface area contributed by atoms with E-state index >= 15 is 0 Å². The molecule has 2 amide bonds. The molecule has 0 aromatic carbocycles. The van der Waals surface area contributed by atoms with Gasteiger partial charge in [-0.2, -0.15) is 0 Å². The molecule has 5 nitrogen and oxygen atoms in total. The fourth-order valence-electron chi connectivity index (χ4n) is 1.42. The summed E-state index contributed by atoms with van der Waals surface area (Å²) in [5.41, 5.74) is 0. The van der Waals surface area contributed by atoms with Crippen molar-refractivity contribution in [1.82, 2.24) is 10.6 Å². The molecule has 0 saturated carbocycles. The van der Waals surface area contributed by atoms with Gasteiger partial charge in [0.2, 0.25) is 0 Å². The van der Waals surface area contributed by atoms with Crippen molar-refractivity contribution in [1.29, 1.82) is 0 Å². The van der Waals surface area contributed by atoms with Gasteiger partial charge in [-0.05, 0) is 24.7 Å². The molecule has 100 valence electrons. The molecular weight excluding hydrogens is 220 g/mol. The van der Waals surface area contributed by atoms with Crippen molar-refractivity contribution in [2.24, 2.45) is 11.8 Å². The zero-order valence-electron chi connectivity index (χ0n) is 11.1. The zero-order valence-corrected chi connectivity index (χ0v) is 11.1. The summed E-state index contributed by atoms with van der Waals surface area (Å²) in [5.74, 6) is -0.520. The topological polar surface area (TPSA) is 78.4 Å². The van der Waals surface area contributed by atoms with Crippen LogP contribution < -0.4 is 10.6 Å². The maximum atomic E-state index is 11.4. The fraction of sp³-hybridized carbons (Fsp3) is 0.833. The number of hydrogen-bond donors (Lipinski definition) is 3. The van der Waals surface area contributed by atoms with Gasteiger partial charge in [-0.3, -0.25) is 0 Å². The number of hydrogen-bond acceptors (Lipinski definition) is 2. The van der Waals surface area contributed by atoms with Crippen LogP contribution in [-0.2, 0) is 4.79 Å². The minimum Gasteiger partial charge on any atom is -0.480 e. The molecule has 3 N–H and O–H groups in total. The highest BCUT2D eigenvalue weighted by molar-refractivity contribution is 5.82. The van der Waals surface area contributed by atoms with E-state index in [-0.39, 0.29) is 5.92 Å². The third-order valence-corrected chi connectivity index (χ3v) is 2.46. The molecule has 0 radical (unpaired) electrons. The maximum Gasteiger partial charge on any atom is 0.326 e. The van der Waals surface area contributed by atoms with E-state index in [0.29, 0.717) is 12.5 Å². The summed E-state index contributed by atoms with van der Waals surface area (Å²) < 4.78 is 0. The van der Waals surface area contributed by atoms with Crippen molar-refractivity contribution in [2.45, 2.75) is 46.6 Å². The molecule has 5 heteroatoms. The van der Waals surface area contributed by atoms with Crippen LogP contribution >= 0.6 is 0 Å². The lowest BCUT2D eigenvalue weighted by atomic mass is 10.1. The summed E-state index contributed by atoms with van der Waals surface area (Å²) in [6, 6.07) is -1.24. The second kappa shape index (κ2) is 7.92. The highest BCUT2D eigenvalue weighted by Crippen LogP contribution is 2.03. The molecule has 0 saturated heterocycles. The Hall–Kier alpha value is -1.26. The third kappa shape index (κ3) is 7.60. The first-order valence-electron chi connectivity index (χ1n) is 6.11. The zero-order chi connectivity index (χ0) is 13.4. The first-order valence-corrected chi connectivity index (χ1v) is 6.11. The Morgan fingerprint density at radius 1 is 1.18 bits per heavy atom. The van der Waals surface area contributed by atoms with Gasteiger partial charge in [0.1, 0.15) is 6.04 Å². The Kier molecular flexibility index (Phi) is 7.34. The molecule has 0 aliphatic carbocycles. The standard InChI is InChI=1S/C12H24N2O3/c1-8(2)6-5-7-13-12(17)14-10(9(3)4)11(15)16/h8-10H,5-7H2,1-4H3,(H,15,16)(H2,13,14,17)/t10-/m1/s1. The first-order chi connectivity index (χ1) is 7.84. The van der Waals surface area contributed by atoms with Gasteiger partial charge in [0.15, 0.2) is 0 Å². The van der Waals surface area contributed by atoms with Crippen LogP contribution in [0, 0.1) is 11.8 Å². The summed E-state index contributed by atoms with van der Waals surface area (Å²) in [4.78, 5) is 22.3. The molecule has 0 fully saturated rings. The van der Waals surface area contributed by atoms with Crippen LogP contribution in [0.3, 0.4) is 0 Å². The number of carboxylic acids is 1. The molecule has 0 rings (SSSR count). The lowest BCUT2D eigenvalue weighted by Gasteiger charge is -2.18. The van der Waals surface area contributed by atoms with Gasteiger partial charge in [-0.1, -0.05) is 27.7 Å². The van der Waals surface area contributed by atoms with Crippen molar-refractivity contribution < 1.29 is 14.7 Å². The maximum absolute atomic E-state index is 11.4. The second-order valence-corrected chi connectivity index (χ2v) is 5.00. The van der Waals surface area contributed by atoms with E-state index in [1.165, 1.54) is 0 Å². The Balaban J connectivity index is 3.87. The highest BCUT2D eigenvalue weighted by Gasteiger charge is 2.22. The van der Waals surface area contributed by atoms with Crippen LogP contribution in [-0.4, -0.2) is 29.7 Å². The van der Waals surface area contributed by atoms with Gasteiger partial charge in [-0.15, -0.1) is 0 Å². The van der Waals surface area contributed by atoms with Crippen LogP contribution in [0.1, 0.15) is 40.5 Å². The van der Waals surface area contributed by atoms with Gasteiger partial charge in [0, 0.05) is 6.54 Å². The van der Waals surface area contributed by atoms with Crippen molar-refractivity contribution >= 4 is 12.0 Å². The summed E-state index contributed by atoms with van der Waals surface area (Å²) in [5, 5.41) is 14.0. The number of nitrogens with one attached hydrogen (secondary N) is 2. The molecule has 0 unspecified atom stereocenters. The average molecular weight is 244 g/mol. The van der Waals surface area contributed by atoms with Gasteiger partial charge >= 0.3 is 12.0 Å². The summed E-state index contributed by atoms with van der Waals surface area (Å²) in [6.45, 7) is 8.35. The first kappa shape index (κ1) is 15.7. The van der Waals surface area contributed by atoms with Crippen LogP contribution in [0.5, 0.6) is 0 Å². The monoisotopic (exact) mass is 244 g/mol. The van der Waals surface area contributed by atoms with Crippen molar-refractivity contribution in [3.05, 3.63) is 0 Å². The van der Waals surface area contributed by atoms with E-state index in [9.17, 15) is 9.59 Å². The third-order valence-electron chi connectivity index (χ3n) is 2.46. The van der Waals surface area contributed by atoms with Gasteiger partial charge in [0.05, 0.1) is 0 Å². The molecule has 0 bridgehead atoms. The van der Waals surface area contributed by atoms with E-state index in [1.807, 2.05) is 0 Å². The second-order valence-electron chi connectivity index (χ2n) is 5.00. The summed E-state index contributed by atoms with van der Waals surface area (Å²) >= 11 is 0. The smallest absolute Gasteiger partial charge is 0.326 e. The number of aliphatic carboxylic acids is 1. The van der Waals surface area contributed by atoms with E-state index < -0.39 is 18.0 Å². The van der Waals surface area contributed by atoms with Crippen LogP contribution in [0.2, 0.25) is 0 Å². The molecule has 0 aliphatic rings. The Bertz CT molecular complexity index is 252. The minimum absolute atomic E-state index is 0.131. The number of carbonyl (C=O) groups excluding carboxylic acids is 1. The lowest BCUT2D eigenvalue weighted by Crippen LogP contribution is -2.48. The van der Waals surface area contributed by atoms with Crippen LogP contribution in [0.15, 0.2) is 0 Å². The molecule has 0 aromatic rings. The van der Waals surface area contributed by atoms with Crippen LogP contribution in [0.25, 0.3) is 0 Å².